The van der Waals surface area contributed by atoms with Crippen molar-refractivity contribution in [3.05, 3.63) is 52.3 Å². The van der Waals surface area contributed by atoms with Gasteiger partial charge < -0.3 is 17.1 Å². The van der Waals surface area contributed by atoms with E-state index in [4.69, 9.17) is 27.9 Å². The van der Waals surface area contributed by atoms with Gasteiger partial charge in [0.2, 0.25) is 0 Å². The predicted molar refractivity (Wildman–Crippen MR) is 73.0 cm³/mol. The van der Waals surface area contributed by atoms with Crippen molar-refractivity contribution in [1.29, 1.82) is 0 Å². The number of methoxy groups -OCH3 is 1. The zero-order valence-electron chi connectivity index (χ0n) is 10.0. The van der Waals surface area contributed by atoms with Crippen molar-refractivity contribution in [2.45, 2.75) is 0 Å². The summed E-state index contributed by atoms with van der Waals surface area (Å²) >= 11 is 12.1. The van der Waals surface area contributed by atoms with Crippen LogP contribution in [-0.4, -0.2) is 30.2 Å². The molecule has 0 heterocycles. The van der Waals surface area contributed by atoms with Crippen molar-refractivity contribution in [2.75, 3.05) is 7.11 Å². The number of benzene rings is 2. The summed E-state index contributed by atoms with van der Waals surface area (Å²) in [4.78, 5) is 0. The van der Waals surface area contributed by atoms with Gasteiger partial charge in [-0.15, -0.1) is 18.2 Å². The smallest absolute Gasteiger partial charge is 1.00 e. The van der Waals surface area contributed by atoms with Gasteiger partial charge in [-0.1, -0.05) is 34.8 Å². The Bertz CT molecular complexity index is 543. The Balaban J connectivity index is 0.00000162. The van der Waals surface area contributed by atoms with Gasteiger partial charge in [0.1, 0.15) is 0 Å². The molecule has 0 amide bonds. The largest absolute Gasteiger partial charge is 2.00 e. The van der Waals surface area contributed by atoms with E-state index in [-0.39, 0.29) is 35.5 Å². The number of ether oxygens (including phenoxy) is 1. The Kier molecular flexibility index (Phi) is 8.09. The molecule has 6 heteroatoms. The Morgan fingerprint density at radius 1 is 1.21 bits per heavy atom. The first-order valence-corrected chi connectivity index (χ1v) is 5.58. The van der Waals surface area contributed by atoms with E-state index >= 15 is 0 Å². The predicted octanol–water partition coefficient (Wildman–Crippen LogP) is 1.23. The van der Waals surface area contributed by atoms with Gasteiger partial charge in [-0.3, -0.25) is 4.39 Å². The standard InChI is InChI=1S/C13H8Cl2FO.ClH.Mg/c1-17-12-6-5-8(16)7-9(12)13-10(14)3-2-4-11(13)15;;/h2-5,7H,1H3;1H;/q-1;;+2/p-1. The van der Waals surface area contributed by atoms with Crippen LogP contribution < -0.4 is 17.1 Å². The minimum absolute atomic E-state index is 0. The van der Waals surface area contributed by atoms with E-state index in [1.54, 1.807) is 18.2 Å². The molecule has 0 saturated heterocycles. The summed E-state index contributed by atoms with van der Waals surface area (Å²) in [7, 11) is 1.48. The molecule has 0 N–H and O–H groups in total. The fourth-order valence-electron chi connectivity index (χ4n) is 1.57. The molecule has 0 spiro atoms. The number of hydrogen-bond donors (Lipinski definition) is 0. The maximum atomic E-state index is 13.3. The Hall–Kier alpha value is -0.194. The quantitative estimate of drug-likeness (QED) is 0.595. The SMILES string of the molecule is COc1[c-]cc(F)cc1-c1c(Cl)cccc1Cl.[Cl-].[Mg+2]. The molecule has 19 heavy (non-hydrogen) atoms. The Morgan fingerprint density at radius 3 is 2.32 bits per heavy atom. The third-order valence-corrected chi connectivity index (χ3v) is 2.93. The van der Waals surface area contributed by atoms with Gasteiger partial charge in [-0.25, -0.2) is 0 Å². The second-order valence-electron chi connectivity index (χ2n) is 3.36. The van der Waals surface area contributed by atoms with Gasteiger partial charge in [0.25, 0.3) is 0 Å². The number of halogens is 4. The molecule has 0 bridgehead atoms. The molecular weight excluding hydrogens is 322 g/mol. The van der Waals surface area contributed by atoms with Crippen LogP contribution in [0.3, 0.4) is 0 Å². The molecule has 0 unspecified atom stereocenters. The average Bonchev–Trinajstić information content (AvgIpc) is 2.29. The van der Waals surface area contributed by atoms with Crippen LogP contribution in [0, 0.1) is 11.9 Å². The van der Waals surface area contributed by atoms with Crippen LogP contribution in [0.15, 0.2) is 30.3 Å². The van der Waals surface area contributed by atoms with E-state index in [0.717, 1.165) is 0 Å². The molecule has 96 valence electrons. The first-order valence-electron chi connectivity index (χ1n) is 4.83. The summed E-state index contributed by atoms with van der Waals surface area (Å²) in [6.45, 7) is 0. The fourth-order valence-corrected chi connectivity index (χ4v) is 2.17. The van der Waals surface area contributed by atoms with E-state index < -0.39 is 5.82 Å². The molecule has 0 aromatic heterocycles. The Labute approximate surface area is 143 Å². The van der Waals surface area contributed by atoms with Gasteiger partial charge in [-0.05, 0) is 17.7 Å². The molecule has 0 aliphatic carbocycles. The molecular formula is C13H8Cl3FMgO. The van der Waals surface area contributed by atoms with Crippen LogP contribution in [0.2, 0.25) is 10.0 Å². The molecule has 0 radical (unpaired) electrons. The number of rotatable bonds is 2. The maximum absolute atomic E-state index is 13.3. The molecule has 0 aliphatic rings. The van der Waals surface area contributed by atoms with Crippen molar-refractivity contribution in [3.8, 4) is 16.9 Å². The molecule has 0 saturated carbocycles. The van der Waals surface area contributed by atoms with Crippen molar-refractivity contribution in [2.24, 2.45) is 0 Å². The van der Waals surface area contributed by atoms with Gasteiger partial charge in [0.05, 0.1) is 7.11 Å². The zero-order chi connectivity index (χ0) is 12.4. The zero-order valence-corrected chi connectivity index (χ0v) is 13.7. The van der Waals surface area contributed by atoms with Crippen LogP contribution in [-0.2, 0) is 0 Å². The summed E-state index contributed by atoms with van der Waals surface area (Å²) < 4.78 is 18.4. The first-order chi connectivity index (χ1) is 8.13. The first kappa shape index (κ1) is 18.8. The second kappa shape index (κ2) is 8.17. The second-order valence-corrected chi connectivity index (χ2v) is 4.18. The molecule has 0 aliphatic heterocycles. The summed E-state index contributed by atoms with van der Waals surface area (Å²) in [5.41, 5.74) is 1.03. The molecule has 2 rings (SSSR count). The summed E-state index contributed by atoms with van der Waals surface area (Å²) in [6, 6.07) is 10.3. The van der Waals surface area contributed by atoms with Crippen LogP contribution in [0.25, 0.3) is 11.1 Å². The summed E-state index contributed by atoms with van der Waals surface area (Å²) in [5, 5.41) is 0.879. The van der Waals surface area contributed by atoms with Gasteiger partial charge in [0.15, 0.2) is 0 Å². The average molecular weight is 330 g/mol. The minimum Gasteiger partial charge on any atom is -1.00 e. The van der Waals surface area contributed by atoms with E-state index in [2.05, 4.69) is 6.07 Å². The molecule has 0 atom stereocenters. The third kappa shape index (κ3) is 4.13. The van der Waals surface area contributed by atoms with Crippen LogP contribution in [0.4, 0.5) is 4.39 Å². The minimum atomic E-state index is -0.420. The van der Waals surface area contributed by atoms with Gasteiger partial charge in [-0.2, -0.15) is 0 Å². The maximum Gasteiger partial charge on any atom is 2.00 e. The van der Waals surface area contributed by atoms with Crippen LogP contribution in [0.1, 0.15) is 0 Å². The number of hydrogen-bond acceptors (Lipinski definition) is 1. The third-order valence-electron chi connectivity index (χ3n) is 2.30. The summed E-state index contributed by atoms with van der Waals surface area (Å²) in [5.74, 6) is -0.0156. The molecule has 2 aromatic rings. The van der Waals surface area contributed by atoms with Gasteiger partial charge >= 0.3 is 23.1 Å². The van der Waals surface area contributed by atoms with E-state index in [0.29, 0.717) is 26.9 Å². The van der Waals surface area contributed by atoms with Crippen molar-refractivity contribution in [3.63, 3.8) is 0 Å². The van der Waals surface area contributed by atoms with Crippen molar-refractivity contribution >= 4 is 46.3 Å². The van der Waals surface area contributed by atoms with E-state index in [1.165, 1.54) is 19.2 Å². The molecule has 0 fully saturated rings. The van der Waals surface area contributed by atoms with Crippen molar-refractivity contribution < 1.29 is 21.5 Å². The van der Waals surface area contributed by atoms with Gasteiger partial charge in [0, 0.05) is 21.6 Å². The van der Waals surface area contributed by atoms with Crippen molar-refractivity contribution in [1.82, 2.24) is 0 Å². The molecule has 2 aromatic carbocycles. The Morgan fingerprint density at radius 2 is 1.79 bits per heavy atom. The molecule has 1 nitrogen and oxygen atoms in total. The van der Waals surface area contributed by atoms with Crippen LogP contribution >= 0.6 is 23.2 Å². The fraction of sp³-hybridized carbons (Fsp3) is 0.0769. The van der Waals surface area contributed by atoms with Crippen LogP contribution in [0.5, 0.6) is 5.75 Å². The summed E-state index contributed by atoms with van der Waals surface area (Å²) in [6.07, 6.45) is 0. The normalized spacial score (nSPS) is 9.26. The monoisotopic (exact) mass is 328 g/mol. The topological polar surface area (TPSA) is 9.23 Å². The van der Waals surface area contributed by atoms with E-state index in [1.807, 2.05) is 0 Å². The van der Waals surface area contributed by atoms with E-state index in [9.17, 15) is 4.39 Å².